The van der Waals surface area contributed by atoms with Crippen LogP contribution in [-0.4, -0.2) is 38.0 Å². The van der Waals surface area contributed by atoms with Gasteiger partial charge in [-0.15, -0.1) is 0 Å². The Hall–Kier alpha value is -3.06. The highest BCUT2D eigenvalue weighted by Gasteiger charge is 2.37. The minimum absolute atomic E-state index is 0.0121. The summed E-state index contributed by atoms with van der Waals surface area (Å²) in [5, 5.41) is 3.05. The summed E-state index contributed by atoms with van der Waals surface area (Å²) in [6.07, 6.45) is 0.0121. The molecular weight excluding hydrogens is 384 g/mol. The number of halogens is 1. The molecular formula is C20H19ClN2O5. The fraction of sp³-hybridized carbons (Fsp3) is 0.250. The number of benzene rings is 2. The normalized spacial score (nSPS) is 16.0. The maximum atomic E-state index is 12.3. The Kier molecular flexibility index (Phi) is 6.16. The number of amides is 2. The van der Waals surface area contributed by atoms with Crippen LogP contribution in [-0.2, 0) is 19.1 Å². The van der Waals surface area contributed by atoms with Gasteiger partial charge < -0.3 is 19.7 Å². The summed E-state index contributed by atoms with van der Waals surface area (Å²) in [6.45, 7) is -0.288. The van der Waals surface area contributed by atoms with E-state index in [9.17, 15) is 14.4 Å². The second-order valence-corrected chi connectivity index (χ2v) is 6.62. The maximum Gasteiger partial charge on any atom is 0.311 e. The largest absolute Gasteiger partial charge is 0.495 e. The van der Waals surface area contributed by atoms with Crippen molar-refractivity contribution < 1.29 is 23.9 Å². The van der Waals surface area contributed by atoms with Gasteiger partial charge in [0.05, 0.1) is 29.4 Å². The van der Waals surface area contributed by atoms with Crippen LogP contribution in [0.15, 0.2) is 48.5 Å². The molecule has 0 saturated carbocycles. The molecule has 0 aromatic heterocycles. The molecule has 0 radical (unpaired) electrons. The first-order valence-electron chi connectivity index (χ1n) is 8.64. The number of nitrogens with one attached hydrogen (secondary N) is 1. The van der Waals surface area contributed by atoms with E-state index in [1.807, 2.05) is 0 Å². The SMILES string of the molecule is COc1ccccc1NC(=O)COC(=O)[C@@H]1CC(=O)N(c2ccccc2Cl)C1. The second kappa shape index (κ2) is 8.75. The molecule has 1 N–H and O–H groups in total. The minimum Gasteiger partial charge on any atom is -0.495 e. The molecule has 0 unspecified atom stereocenters. The summed E-state index contributed by atoms with van der Waals surface area (Å²) in [5.74, 6) is -1.46. The zero-order valence-corrected chi connectivity index (χ0v) is 15.9. The molecule has 146 valence electrons. The second-order valence-electron chi connectivity index (χ2n) is 6.21. The molecule has 0 bridgehead atoms. The number of para-hydroxylation sites is 3. The maximum absolute atomic E-state index is 12.3. The van der Waals surface area contributed by atoms with Gasteiger partial charge in [0.2, 0.25) is 5.91 Å². The Morgan fingerprint density at radius 2 is 1.89 bits per heavy atom. The van der Waals surface area contributed by atoms with Gasteiger partial charge in [-0.2, -0.15) is 0 Å². The molecule has 1 heterocycles. The smallest absolute Gasteiger partial charge is 0.311 e. The van der Waals surface area contributed by atoms with Crippen molar-refractivity contribution in [3.63, 3.8) is 0 Å². The Bertz CT molecular complexity index is 902. The summed E-state index contributed by atoms with van der Waals surface area (Å²) in [5.41, 5.74) is 1.03. The number of rotatable bonds is 6. The first-order valence-corrected chi connectivity index (χ1v) is 9.01. The number of nitrogens with zero attached hydrogens (tertiary/aromatic N) is 1. The first-order chi connectivity index (χ1) is 13.5. The van der Waals surface area contributed by atoms with Crippen LogP contribution in [0.5, 0.6) is 5.75 Å². The lowest BCUT2D eigenvalue weighted by molar-refractivity contribution is -0.151. The van der Waals surface area contributed by atoms with Crippen molar-refractivity contribution in [1.29, 1.82) is 0 Å². The highest BCUT2D eigenvalue weighted by atomic mass is 35.5. The van der Waals surface area contributed by atoms with Crippen molar-refractivity contribution in [2.24, 2.45) is 5.92 Å². The van der Waals surface area contributed by atoms with E-state index in [1.165, 1.54) is 12.0 Å². The van der Waals surface area contributed by atoms with Crippen LogP contribution in [0.3, 0.4) is 0 Å². The van der Waals surface area contributed by atoms with E-state index in [0.29, 0.717) is 22.1 Å². The van der Waals surface area contributed by atoms with Crippen LogP contribution < -0.4 is 15.0 Å². The van der Waals surface area contributed by atoms with Crippen molar-refractivity contribution >= 4 is 40.8 Å². The predicted molar refractivity (Wildman–Crippen MR) is 104 cm³/mol. The molecule has 0 spiro atoms. The third kappa shape index (κ3) is 4.43. The lowest BCUT2D eigenvalue weighted by atomic mass is 10.1. The van der Waals surface area contributed by atoms with E-state index in [1.54, 1.807) is 48.5 Å². The molecule has 1 fully saturated rings. The lowest BCUT2D eigenvalue weighted by Crippen LogP contribution is -2.28. The molecule has 2 aromatic carbocycles. The molecule has 1 atom stereocenters. The number of hydrogen-bond donors (Lipinski definition) is 1. The summed E-state index contributed by atoms with van der Waals surface area (Å²) in [7, 11) is 1.49. The highest BCUT2D eigenvalue weighted by Crippen LogP contribution is 2.31. The molecule has 2 aromatic rings. The van der Waals surface area contributed by atoms with Gasteiger partial charge in [0.25, 0.3) is 5.91 Å². The van der Waals surface area contributed by atoms with Crippen LogP contribution >= 0.6 is 11.6 Å². The number of carbonyl (C=O) groups is 3. The van der Waals surface area contributed by atoms with Gasteiger partial charge in [-0.05, 0) is 24.3 Å². The monoisotopic (exact) mass is 402 g/mol. The molecule has 1 aliphatic rings. The Balaban J connectivity index is 1.55. The number of esters is 1. The van der Waals surface area contributed by atoms with Gasteiger partial charge in [-0.1, -0.05) is 35.9 Å². The van der Waals surface area contributed by atoms with Gasteiger partial charge in [-0.3, -0.25) is 14.4 Å². The zero-order valence-electron chi connectivity index (χ0n) is 15.2. The fourth-order valence-corrected chi connectivity index (χ4v) is 3.20. The number of hydrogen-bond acceptors (Lipinski definition) is 5. The molecule has 28 heavy (non-hydrogen) atoms. The summed E-state index contributed by atoms with van der Waals surface area (Å²) in [6, 6.07) is 13.8. The van der Waals surface area contributed by atoms with Crippen LogP contribution in [0.1, 0.15) is 6.42 Å². The summed E-state index contributed by atoms with van der Waals surface area (Å²) < 4.78 is 10.2. The molecule has 3 rings (SSSR count). The van der Waals surface area contributed by atoms with E-state index in [0.717, 1.165) is 0 Å². The minimum atomic E-state index is -0.650. The third-order valence-corrected chi connectivity index (χ3v) is 4.65. The molecule has 8 heteroatoms. The standard InChI is InChI=1S/C20H19ClN2O5/c1-27-17-9-5-3-7-15(17)22-18(24)12-28-20(26)13-10-19(25)23(11-13)16-8-4-2-6-14(16)21/h2-9,13H,10-12H2,1H3,(H,22,24)/t13-/m1/s1. The fourth-order valence-electron chi connectivity index (χ4n) is 2.96. The lowest BCUT2D eigenvalue weighted by Gasteiger charge is -2.17. The van der Waals surface area contributed by atoms with Crippen molar-refractivity contribution in [3.8, 4) is 5.75 Å². The van der Waals surface area contributed by atoms with Gasteiger partial charge in [0.1, 0.15) is 5.75 Å². The van der Waals surface area contributed by atoms with Gasteiger partial charge in [0, 0.05) is 13.0 Å². The third-order valence-electron chi connectivity index (χ3n) is 4.33. The first kappa shape index (κ1) is 19.7. The van der Waals surface area contributed by atoms with E-state index in [-0.39, 0.29) is 18.9 Å². The molecule has 2 amide bonds. The quantitative estimate of drug-likeness (QED) is 0.751. The van der Waals surface area contributed by atoms with Crippen LogP contribution in [0.25, 0.3) is 0 Å². The van der Waals surface area contributed by atoms with Gasteiger partial charge >= 0.3 is 5.97 Å². The average molecular weight is 403 g/mol. The molecule has 1 saturated heterocycles. The predicted octanol–water partition coefficient (Wildman–Crippen LogP) is 2.88. The average Bonchev–Trinajstić information content (AvgIpc) is 3.08. The van der Waals surface area contributed by atoms with Crippen molar-refractivity contribution in [2.75, 3.05) is 30.5 Å². The van der Waals surface area contributed by atoms with Crippen molar-refractivity contribution in [1.82, 2.24) is 0 Å². The van der Waals surface area contributed by atoms with Gasteiger partial charge in [-0.25, -0.2) is 0 Å². The van der Waals surface area contributed by atoms with Crippen LogP contribution in [0.2, 0.25) is 5.02 Å². The van der Waals surface area contributed by atoms with E-state index in [2.05, 4.69) is 5.32 Å². The molecule has 1 aliphatic heterocycles. The van der Waals surface area contributed by atoms with E-state index < -0.39 is 24.4 Å². The van der Waals surface area contributed by atoms with Crippen LogP contribution in [0, 0.1) is 5.92 Å². The number of carbonyl (C=O) groups excluding carboxylic acids is 3. The summed E-state index contributed by atoms with van der Waals surface area (Å²) >= 11 is 6.13. The zero-order chi connectivity index (χ0) is 20.1. The number of methoxy groups -OCH3 is 1. The van der Waals surface area contributed by atoms with Crippen LogP contribution in [0.4, 0.5) is 11.4 Å². The summed E-state index contributed by atoms with van der Waals surface area (Å²) in [4.78, 5) is 38.1. The highest BCUT2D eigenvalue weighted by molar-refractivity contribution is 6.33. The Morgan fingerprint density at radius 1 is 1.18 bits per heavy atom. The van der Waals surface area contributed by atoms with E-state index >= 15 is 0 Å². The van der Waals surface area contributed by atoms with Crippen molar-refractivity contribution in [2.45, 2.75) is 6.42 Å². The Morgan fingerprint density at radius 3 is 2.64 bits per heavy atom. The van der Waals surface area contributed by atoms with Crippen molar-refractivity contribution in [3.05, 3.63) is 53.6 Å². The molecule has 7 nitrogen and oxygen atoms in total. The number of ether oxygens (including phenoxy) is 2. The topological polar surface area (TPSA) is 84.9 Å². The Labute approximate surface area is 167 Å². The van der Waals surface area contributed by atoms with Gasteiger partial charge in [0.15, 0.2) is 6.61 Å². The number of anilines is 2. The molecule has 0 aliphatic carbocycles. The van der Waals surface area contributed by atoms with E-state index in [4.69, 9.17) is 21.1 Å².